The third kappa shape index (κ3) is 4.68. The van der Waals surface area contributed by atoms with Crippen LogP contribution in [0.2, 0.25) is 0 Å². The van der Waals surface area contributed by atoms with Crippen molar-refractivity contribution in [2.45, 2.75) is 19.3 Å². The van der Waals surface area contributed by atoms with Crippen molar-refractivity contribution >= 4 is 17.5 Å². The molecule has 152 valence electrons. The van der Waals surface area contributed by atoms with Crippen LogP contribution in [0.1, 0.15) is 28.8 Å². The molecule has 3 N–H and O–H groups in total. The Labute approximate surface area is 169 Å². The van der Waals surface area contributed by atoms with E-state index in [1.54, 1.807) is 18.2 Å². The molecule has 0 bridgehead atoms. The van der Waals surface area contributed by atoms with Gasteiger partial charge in [-0.2, -0.15) is 0 Å². The topological polar surface area (TPSA) is 93.9 Å². The van der Waals surface area contributed by atoms with Crippen LogP contribution >= 0.6 is 0 Å². The minimum absolute atomic E-state index is 0.0268. The third-order valence-corrected chi connectivity index (χ3v) is 5.55. The van der Waals surface area contributed by atoms with E-state index in [-0.39, 0.29) is 24.5 Å². The lowest BCUT2D eigenvalue weighted by Gasteiger charge is -2.30. The van der Waals surface area contributed by atoms with Crippen LogP contribution in [0, 0.1) is 5.92 Å². The standard InChI is InChI=1S/C22H25N3O4/c23-21(26)16-8-11-25(12-9-16)10-7-15-1-4-18(5-2-15)24-22(27)17-3-6-19-20(13-17)29-14-28-19/h1-6,13,16H,7-12,14H2,(H2,23,26)(H,24,27). The number of amides is 2. The zero-order valence-corrected chi connectivity index (χ0v) is 16.2. The molecular formula is C22H25N3O4. The molecule has 29 heavy (non-hydrogen) atoms. The molecule has 1 fully saturated rings. The predicted molar refractivity (Wildman–Crippen MR) is 109 cm³/mol. The van der Waals surface area contributed by atoms with Gasteiger partial charge in [0.05, 0.1) is 0 Å². The molecule has 2 amide bonds. The van der Waals surface area contributed by atoms with Crippen molar-refractivity contribution in [2.75, 3.05) is 31.7 Å². The van der Waals surface area contributed by atoms with Crippen LogP contribution in [0.4, 0.5) is 5.69 Å². The molecule has 7 heteroatoms. The van der Waals surface area contributed by atoms with Crippen LogP contribution < -0.4 is 20.5 Å². The van der Waals surface area contributed by atoms with Crippen LogP contribution in [-0.2, 0) is 11.2 Å². The first-order valence-electron chi connectivity index (χ1n) is 9.90. The summed E-state index contributed by atoms with van der Waals surface area (Å²) in [6.07, 6.45) is 2.62. The van der Waals surface area contributed by atoms with Crippen LogP contribution in [0.5, 0.6) is 11.5 Å². The number of carbonyl (C=O) groups excluding carboxylic acids is 2. The largest absolute Gasteiger partial charge is 0.454 e. The summed E-state index contributed by atoms with van der Waals surface area (Å²) in [4.78, 5) is 26.1. The Balaban J connectivity index is 1.27. The monoisotopic (exact) mass is 395 g/mol. The van der Waals surface area contributed by atoms with Crippen molar-refractivity contribution in [3.05, 3.63) is 53.6 Å². The van der Waals surface area contributed by atoms with Gasteiger partial charge in [0.2, 0.25) is 12.7 Å². The summed E-state index contributed by atoms with van der Waals surface area (Å²) >= 11 is 0. The van der Waals surface area contributed by atoms with Gasteiger partial charge in [-0.3, -0.25) is 9.59 Å². The first kappa shape index (κ1) is 19.3. The Morgan fingerprint density at radius 3 is 2.48 bits per heavy atom. The lowest BCUT2D eigenvalue weighted by molar-refractivity contribution is -0.123. The van der Waals surface area contributed by atoms with Crippen molar-refractivity contribution in [3.63, 3.8) is 0 Å². The highest BCUT2D eigenvalue weighted by atomic mass is 16.7. The Morgan fingerprint density at radius 2 is 1.76 bits per heavy atom. The number of nitrogens with zero attached hydrogens (tertiary/aromatic N) is 1. The fourth-order valence-corrected chi connectivity index (χ4v) is 3.72. The molecule has 2 aliphatic rings. The second-order valence-corrected chi connectivity index (χ2v) is 7.49. The van der Waals surface area contributed by atoms with Gasteiger partial charge >= 0.3 is 0 Å². The molecule has 2 aromatic carbocycles. The van der Waals surface area contributed by atoms with Gasteiger partial charge < -0.3 is 25.4 Å². The van der Waals surface area contributed by atoms with E-state index in [2.05, 4.69) is 10.2 Å². The van der Waals surface area contributed by atoms with E-state index in [1.807, 2.05) is 24.3 Å². The molecule has 0 aromatic heterocycles. The molecule has 2 aromatic rings. The molecule has 0 radical (unpaired) electrons. The molecule has 2 heterocycles. The minimum atomic E-state index is -0.187. The van der Waals surface area contributed by atoms with Crippen LogP contribution in [0.15, 0.2) is 42.5 Å². The Hall–Kier alpha value is -3.06. The normalized spacial score (nSPS) is 16.6. The Morgan fingerprint density at radius 1 is 1.03 bits per heavy atom. The number of anilines is 1. The smallest absolute Gasteiger partial charge is 0.255 e. The average Bonchev–Trinajstić information content (AvgIpc) is 3.21. The molecule has 0 atom stereocenters. The van der Waals surface area contributed by atoms with E-state index < -0.39 is 0 Å². The fraction of sp³-hybridized carbons (Fsp3) is 0.364. The van der Waals surface area contributed by atoms with Gasteiger partial charge in [0.15, 0.2) is 11.5 Å². The fourth-order valence-electron chi connectivity index (χ4n) is 3.72. The number of nitrogens with two attached hydrogens (primary N) is 1. The van der Waals surface area contributed by atoms with E-state index in [4.69, 9.17) is 15.2 Å². The zero-order chi connectivity index (χ0) is 20.2. The second kappa shape index (κ2) is 8.53. The summed E-state index contributed by atoms with van der Waals surface area (Å²) in [5.74, 6) is 0.910. The van der Waals surface area contributed by atoms with E-state index in [9.17, 15) is 9.59 Å². The average molecular weight is 395 g/mol. The summed E-state index contributed by atoms with van der Waals surface area (Å²) < 4.78 is 10.6. The van der Waals surface area contributed by atoms with Gasteiger partial charge in [0, 0.05) is 23.7 Å². The number of nitrogens with one attached hydrogen (secondary N) is 1. The number of rotatable bonds is 6. The highest BCUT2D eigenvalue weighted by molar-refractivity contribution is 6.04. The predicted octanol–water partition coefficient (Wildman–Crippen LogP) is 2.41. The molecule has 1 saturated heterocycles. The number of ether oxygens (including phenoxy) is 2. The number of primary amides is 1. The number of hydrogen-bond acceptors (Lipinski definition) is 5. The Kier molecular flexibility index (Phi) is 5.67. The van der Waals surface area contributed by atoms with Crippen LogP contribution in [0.25, 0.3) is 0 Å². The Bertz CT molecular complexity index is 889. The molecule has 0 aliphatic carbocycles. The molecule has 7 nitrogen and oxygen atoms in total. The molecule has 0 spiro atoms. The van der Waals surface area contributed by atoms with Crippen LogP contribution in [-0.4, -0.2) is 43.1 Å². The summed E-state index contributed by atoms with van der Waals surface area (Å²) in [6.45, 7) is 2.97. The SMILES string of the molecule is NC(=O)C1CCN(CCc2ccc(NC(=O)c3ccc4c(c3)OCO4)cc2)CC1. The summed E-state index contributed by atoms with van der Waals surface area (Å²) in [6, 6.07) is 13.1. The quantitative estimate of drug-likeness (QED) is 0.783. The van der Waals surface area contributed by atoms with Gasteiger partial charge in [-0.05, 0) is 68.2 Å². The number of piperidine rings is 1. The molecule has 0 saturated carbocycles. The van der Waals surface area contributed by atoms with Crippen molar-refractivity contribution in [1.82, 2.24) is 4.90 Å². The van der Waals surface area contributed by atoms with E-state index in [0.29, 0.717) is 17.1 Å². The van der Waals surface area contributed by atoms with Crippen molar-refractivity contribution in [1.29, 1.82) is 0 Å². The van der Waals surface area contributed by atoms with Crippen molar-refractivity contribution in [2.24, 2.45) is 11.7 Å². The minimum Gasteiger partial charge on any atom is -0.454 e. The van der Waals surface area contributed by atoms with Gasteiger partial charge in [-0.1, -0.05) is 12.1 Å². The maximum absolute atomic E-state index is 12.5. The van der Waals surface area contributed by atoms with Gasteiger partial charge in [0.1, 0.15) is 0 Å². The van der Waals surface area contributed by atoms with Crippen molar-refractivity contribution in [3.8, 4) is 11.5 Å². The van der Waals surface area contributed by atoms with Gasteiger partial charge in [-0.15, -0.1) is 0 Å². The van der Waals surface area contributed by atoms with E-state index in [0.717, 1.165) is 44.6 Å². The maximum Gasteiger partial charge on any atom is 0.255 e. The van der Waals surface area contributed by atoms with E-state index in [1.165, 1.54) is 5.56 Å². The molecule has 4 rings (SSSR count). The van der Waals surface area contributed by atoms with Crippen molar-refractivity contribution < 1.29 is 19.1 Å². The second-order valence-electron chi connectivity index (χ2n) is 7.49. The molecular weight excluding hydrogens is 370 g/mol. The summed E-state index contributed by atoms with van der Waals surface area (Å²) in [5, 5.41) is 2.91. The lowest BCUT2D eigenvalue weighted by Crippen LogP contribution is -2.39. The van der Waals surface area contributed by atoms with E-state index >= 15 is 0 Å². The highest BCUT2D eigenvalue weighted by Gasteiger charge is 2.22. The highest BCUT2D eigenvalue weighted by Crippen LogP contribution is 2.32. The van der Waals surface area contributed by atoms with Crippen LogP contribution in [0.3, 0.4) is 0 Å². The third-order valence-electron chi connectivity index (χ3n) is 5.55. The summed E-state index contributed by atoms with van der Waals surface area (Å²) in [5.41, 5.74) is 7.87. The maximum atomic E-state index is 12.5. The molecule has 0 unspecified atom stereocenters. The number of benzene rings is 2. The van der Waals surface area contributed by atoms with Gasteiger partial charge in [-0.25, -0.2) is 0 Å². The number of likely N-dealkylation sites (tertiary alicyclic amines) is 1. The first-order valence-corrected chi connectivity index (χ1v) is 9.90. The number of hydrogen-bond donors (Lipinski definition) is 2. The summed E-state index contributed by atoms with van der Waals surface area (Å²) in [7, 11) is 0. The number of fused-ring (bicyclic) bond motifs is 1. The first-order chi connectivity index (χ1) is 14.1. The van der Waals surface area contributed by atoms with Gasteiger partial charge in [0.25, 0.3) is 5.91 Å². The zero-order valence-electron chi connectivity index (χ0n) is 16.2. The number of carbonyl (C=O) groups is 2. The lowest BCUT2D eigenvalue weighted by atomic mass is 9.96. The molecule has 2 aliphatic heterocycles.